The Bertz CT molecular complexity index is 1260. The molecule has 1 fully saturated rings. The molecule has 2 aromatic carbocycles. The summed E-state index contributed by atoms with van der Waals surface area (Å²) in [6.07, 6.45) is 4.99. The maximum atomic E-state index is 12.7. The Morgan fingerprint density at radius 2 is 1.89 bits per heavy atom. The summed E-state index contributed by atoms with van der Waals surface area (Å²) >= 11 is 5.74. The standard InChI is InChI=1S/C23H26ClN3O8S/c1-2-26(16-6-4-3-5-7-16)22(29)14-35-23(30)18-12-15(8-11-21(18)28)25-36(33,34)17-9-10-19(24)20(13-17)27(31)32/h8-13,16,25,28H,2-7,14H2,1H3. The van der Waals surface area contributed by atoms with E-state index in [4.69, 9.17) is 16.3 Å². The first-order chi connectivity index (χ1) is 17.0. The molecule has 194 valence electrons. The second-order valence-corrected chi connectivity index (χ2v) is 10.3. The number of phenols is 1. The molecule has 0 unspecified atom stereocenters. The van der Waals surface area contributed by atoms with Crippen molar-refractivity contribution < 1.29 is 32.8 Å². The lowest BCUT2D eigenvalue weighted by Gasteiger charge is -2.33. The number of nitro benzene ring substituents is 1. The third-order valence-corrected chi connectivity index (χ3v) is 7.60. The molecule has 3 rings (SSSR count). The van der Waals surface area contributed by atoms with E-state index in [0.29, 0.717) is 6.54 Å². The lowest BCUT2D eigenvalue weighted by Crippen LogP contribution is -2.43. The van der Waals surface area contributed by atoms with E-state index in [1.165, 1.54) is 6.07 Å². The molecule has 0 spiro atoms. The number of nitrogens with zero attached hydrogens (tertiary/aromatic N) is 2. The molecule has 0 heterocycles. The monoisotopic (exact) mass is 539 g/mol. The summed E-state index contributed by atoms with van der Waals surface area (Å²) in [5.74, 6) is -1.83. The van der Waals surface area contributed by atoms with E-state index >= 15 is 0 Å². The molecule has 2 N–H and O–H groups in total. The molecule has 13 heteroatoms. The number of esters is 1. The number of benzene rings is 2. The van der Waals surface area contributed by atoms with Gasteiger partial charge in [0.2, 0.25) is 0 Å². The minimum Gasteiger partial charge on any atom is -0.507 e. The number of halogens is 1. The molecule has 1 aliphatic carbocycles. The lowest BCUT2D eigenvalue weighted by atomic mass is 9.94. The molecule has 11 nitrogen and oxygen atoms in total. The fourth-order valence-corrected chi connectivity index (χ4v) is 5.35. The molecule has 0 aromatic heterocycles. The predicted molar refractivity (Wildman–Crippen MR) is 132 cm³/mol. The van der Waals surface area contributed by atoms with Gasteiger partial charge in [-0.3, -0.25) is 19.6 Å². The summed E-state index contributed by atoms with van der Waals surface area (Å²) in [4.78, 5) is 36.7. The average Bonchev–Trinajstić information content (AvgIpc) is 2.84. The van der Waals surface area contributed by atoms with Gasteiger partial charge in [-0.25, -0.2) is 13.2 Å². The maximum absolute atomic E-state index is 12.7. The van der Waals surface area contributed by atoms with Crippen LogP contribution in [0.25, 0.3) is 0 Å². The third-order valence-electron chi connectivity index (χ3n) is 5.90. The van der Waals surface area contributed by atoms with Crippen molar-refractivity contribution in [2.45, 2.75) is 50.0 Å². The molecular formula is C23H26ClN3O8S. The normalized spacial score (nSPS) is 14.2. The van der Waals surface area contributed by atoms with Crippen LogP contribution in [0.1, 0.15) is 49.4 Å². The van der Waals surface area contributed by atoms with Gasteiger partial charge in [0.15, 0.2) is 6.61 Å². The van der Waals surface area contributed by atoms with E-state index < -0.39 is 43.9 Å². The Kier molecular flexibility index (Phi) is 8.75. The number of nitrogens with one attached hydrogen (secondary N) is 1. The number of hydrogen-bond acceptors (Lipinski definition) is 8. The smallest absolute Gasteiger partial charge is 0.342 e. The van der Waals surface area contributed by atoms with Crippen molar-refractivity contribution in [3.63, 3.8) is 0 Å². The van der Waals surface area contributed by atoms with E-state index in [-0.39, 0.29) is 28.2 Å². The van der Waals surface area contributed by atoms with Crippen molar-refractivity contribution in [2.75, 3.05) is 17.9 Å². The summed E-state index contributed by atoms with van der Waals surface area (Å²) < 4.78 is 32.7. The second-order valence-electron chi connectivity index (χ2n) is 8.26. The van der Waals surface area contributed by atoms with Crippen molar-refractivity contribution in [1.82, 2.24) is 4.90 Å². The fourth-order valence-electron chi connectivity index (χ4n) is 4.10. The van der Waals surface area contributed by atoms with Crippen LogP contribution in [0.4, 0.5) is 11.4 Å². The van der Waals surface area contributed by atoms with Gasteiger partial charge in [-0.1, -0.05) is 30.9 Å². The number of sulfonamides is 1. The molecule has 2 aromatic rings. The highest BCUT2D eigenvalue weighted by molar-refractivity contribution is 7.92. The van der Waals surface area contributed by atoms with Crippen LogP contribution in [0.5, 0.6) is 5.75 Å². The lowest BCUT2D eigenvalue weighted by molar-refractivity contribution is -0.384. The van der Waals surface area contributed by atoms with Gasteiger partial charge in [0.25, 0.3) is 21.6 Å². The Morgan fingerprint density at radius 1 is 1.19 bits per heavy atom. The quantitative estimate of drug-likeness (QED) is 0.209. The highest BCUT2D eigenvalue weighted by atomic mass is 35.5. The van der Waals surface area contributed by atoms with Crippen LogP contribution in [-0.4, -0.2) is 54.4 Å². The van der Waals surface area contributed by atoms with E-state index in [0.717, 1.165) is 62.4 Å². The Balaban J connectivity index is 1.72. The number of nitro groups is 1. The van der Waals surface area contributed by atoms with Crippen LogP contribution in [0.3, 0.4) is 0 Å². The minimum atomic E-state index is -4.30. The van der Waals surface area contributed by atoms with Crippen LogP contribution in [-0.2, 0) is 19.6 Å². The third kappa shape index (κ3) is 6.43. The van der Waals surface area contributed by atoms with Crippen molar-refractivity contribution >= 4 is 44.9 Å². The van der Waals surface area contributed by atoms with Crippen LogP contribution >= 0.6 is 11.6 Å². The molecule has 1 aliphatic rings. The molecule has 1 saturated carbocycles. The van der Waals surface area contributed by atoms with Crippen LogP contribution < -0.4 is 4.72 Å². The summed E-state index contributed by atoms with van der Waals surface area (Å²) in [6.45, 7) is 1.81. The van der Waals surface area contributed by atoms with E-state index in [9.17, 15) is 33.2 Å². The second kappa shape index (κ2) is 11.6. The molecule has 0 bridgehead atoms. The number of likely N-dealkylation sites (N-methyl/N-ethyl adjacent to an activating group) is 1. The zero-order valence-corrected chi connectivity index (χ0v) is 21.0. The van der Waals surface area contributed by atoms with E-state index in [1.54, 1.807) is 4.90 Å². The number of hydrogen-bond donors (Lipinski definition) is 2. The van der Waals surface area contributed by atoms with Gasteiger partial charge in [0, 0.05) is 24.3 Å². The fraction of sp³-hybridized carbons (Fsp3) is 0.391. The van der Waals surface area contributed by atoms with E-state index in [1.807, 2.05) is 6.92 Å². The van der Waals surface area contributed by atoms with Gasteiger partial charge in [-0.2, -0.15) is 0 Å². The summed E-state index contributed by atoms with van der Waals surface area (Å²) in [5, 5.41) is 21.0. The Labute approximate surface area is 213 Å². The highest BCUT2D eigenvalue weighted by Gasteiger charge is 2.26. The molecule has 36 heavy (non-hydrogen) atoms. The van der Waals surface area contributed by atoms with Crippen molar-refractivity contribution in [1.29, 1.82) is 0 Å². The number of amides is 1. The average molecular weight is 540 g/mol. The first-order valence-electron chi connectivity index (χ1n) is 11.3. The largest absolute Gasteiger partial charge is 0.507 e. The number of ether oxygens (including phenoxy) is 1. The van der Waals surface area contributed by atoms with Crippen molar-refractivity contribution in [3.8, 4) is 5.75 Å². The van der Waals surface area contributed by atoms with Gasteiger partial charge < -0.3 is 14.7 Å². The molecular weight excluding hydrogens is 514 g/mol. The number of anilines is 1. The summed E-state index contributed by atoms with van der Waals surface area (Å²) in [6, 6.07) is 6.40. The SMILES string of the molecule is CCN(C(=O)COC(=O)c1cc(NS(=O)(=O)c2ccc(Cl)c([N+](=O)[O-])c2)ccc1O)C1CCCCC1. The Morgan fingerprint density at radius 3 is 2.53 bits per heavy atom. The number of phenolic OH excluding ortho intramolecular Hbond substituents is 1. The van der Waals surface area contributed by atoms with Gasteiger partial charge >= 0.3 is 5.97 Å². The maximum Gasteiger partial charge on any atom is 0.342 e. The molecule has 0 saturated heterocycles. The Hall–Kier alpha value is -3.38. The number of carbonyl (C=O) groups excluding carboxylic acids is 2. The van der Waals surface area contributed by atoms with Crippen molar-refractivity contribution in [3.05, 3.63) is 57.1 Å². The topological polar surface area (TPSA) is 156 Å². The zero-order valence-electron chi connectivity index (χ0n) is 19.5. The molecule has 0 radical (unpaired) electrons. The number of carbonyl (C=O) groups is 2. The minimum absolute atomic E-state index is 0.102. The zero-order chi connectivity index (χ0) is 26.5. The van der Waals surface area contributed by atoms with Crippen LogP contribution in [0, 0.1) is 10.1 Å². The van der Waals surface area contributed by atoms with Crippen LogP contribution in [0.15, 0.2) is 41.3 Å². The molecule has 0 atom stereocenters. The van der Waals surface area contributed by atoms with Gasteiger partial charge in [-0.05, 0) is 50.1 Å². The predicted octanol–water partition coefficient (Wildman–Crippen LogP) is 4.09. The number of aromatic hydroxyl groups is 1. The van der Waals surface area contributed by atoms with Crippen molar-refractivity contribution in [2.24, 2.45) is 0 Å². The summed E-state index contributed by atoms with van der Waals surface area (Å²) in [7, 11) is -4.30. The van der Waals surface area contributed by atoms with E-state index in [2.05, 4.69) is 4.72 Å². The highest BCUT2D eigenvalue weighted by Crippen LogP contribution is 2.29. The molecule has 1 amide bonds. The molecule has 0 aliphatic heterocycles. The van der Waals surface area contributed by atoms with Crippen LogP contribution in [0.2, 0.25) is 5.02 Å². The first-order valence-corrected chi connectivity index (χ1v) is 13.2. The van der Waals surface area contributed by atoms with Gasteiger partial charge in [0.1, 0.15) is 16.3 Å². The summed E-state index contributed by atoms with van der Waals surface area (Å²) in [5.41, 5.74) is -1.06. The number of rotatable bonds is 9. The first kappa shape index (κ1) is 27.2. The van der Waals surface area contributed by atoms with Gasteiger partial charge in [-0.15, -0.1) is 0 Å². The van der Waals surface area contributed by atoms with Gasteiger partial charge in [0.05, 0.1) is 9.82 Å².